The van der Waals surface area contributed by atoms with E-state index in [1.807, 2.05) is 54.6 Å². The summed E-state index contributed by atoms with van der Waals surface area (Å²) < 4.78 is 0. The van der Waals surface area contributed by atoms with Crippen LogP contribution in [0, 0.1) is 0 Å². The molecule has 3 aromatic rings. The lowest BCUT2D eigenvalue weighted by Crippen LogP contribution is -2.10. The SMILES string of the molecule is O=C(Nc1ccccc1)ON=CCc1ccc(-c2ccncc2)cc1. The summed E-state index contributed by atoms with van der Waals surface area (Å²) >= 11 is 0. The molecule has 2 aromatic carbocycles. The van der Waals surface area contributed by atoms with Gasteiger partial charge < -0.3 is 0 Å². The van der Waals surface area contributed by atoms with Crippen LogP contribution in [0.15, 0.2) is 84.3 Å². The van der Waals surface area contributed by atoms with Gasteiger partial charge in [-0.1, -0.05) is 47.6 Å². The van der Waals surface area contributed by atoms with Gasteiger partial charge in [-0.2, -0.15) is 0 Å². The number of para-hydroxylation sites is 1. The van der Waals surface area contributed by atoms with Crippen molar-refractivity contribution in [3.8, 4) is 11.1 Å². The maximum absolute atomic E-state index is 11.6. The highest BCUT2D eigenvalue weighted by atomic mass is 16.7. The number of nitrogens with zero attached hydrogens (tertiary/aromatic N) is 2. The molecule has 5 heteroatoms. The van der Waals surface area contributed by atoms with Crippen LogP contribution in [0.1, 0.15) is 5.56 Å². The Balaban J connectivity index is 1.48. The fourth-order valence-electron chi connectivity index (χ4n) is 2.27. The summed E-state index contributed by atoms with van der Waals surface area (Å²) in [5.41, 5.74) is 3.99. The number of carbonyl (C=O) groups is 1. The lowest BCUT2D eigenvalue weighted by molar-refractivity contribution is 0.167. The largest absolute Gasteiger partial charge is 0.437 e. The van der Waals surface area contributed by atoms with Gasteiger partial charge in [0, 0.05) is 30.7 Å². The van der Waals surface area contributed by atoms with E-state index in [-0.39, 0.29) is 0 Å². The topological polar surface area (TPSA) is 63.6 Å². The molecule has 0 atom stereocenters. The second-order valence-electron chi connectivity index (χ2n) is 5.29. The van der Waals surface area contributed by atoms with Crippen molar-refractivity contribution in [3.05, 3.63) is 84.7 Å². The van der Waals surface area contributed by atoms with Gasteiger partial charge in [0.15, 0.2) is 0 Å². The van der Waals surface area contributed by atoms with Crippen LogP contribution in [-0.4, -0.2) is 17.3 Å². The normalized spacial score (nSPS) is 10.6. The molecule has 0 fully saturated rings. The number of carbonyl (C=O) groups excluding carboxylic acids is 1. The monoisotopic (exact) mass is 331 g/mol. The quantitative estimate of drug-likeness (QED) is 0.424. The summed E-state index contributed by atoms with van der Waals surface area (Å²) in [6.45, 7) is 0. The molecule has 0 aliphatic rings. The highest BCUT2D eigenvalue weighted by molar-refractivity contribution is 5.84. The minimum Gasteiger partial charge on any atom is -0.298 e. The highest BCUT2D eigenvalue weighted by Crippen LogP contribution is 2.18. The zero-order chi connectivity index (χ0) is 17.3. The van der Waals surface area contributed by atoms with Crippen LogP contribution in [0.3, 0.4) is 0 Å². The lowest BCUT2D eigenvalue weighted by atomic mass is 10.0. The van der Waals surface area contributed by atoms with Crippen LogP contribution >= 0.6 is 0 Å². The van der Waals surface area contributed by atoms with Crippen molar-refractivity contribution in [1.29, 1.82) is 0 Å². The summed E-state index contributed by atoms with van der Waals surface area (Å²) in [7, 11) is 0. The van der Waals surface area contributed by atoms with Gasteiger partial charge in [-0.3, -0.25) is 15.1 Å². The molecule has 0 spiro atoms. The van der Waals surface area contributed by atoms with Crippen LogP contribution < -0.4 is 5.32 Å². The number of amides is 1. The molecule has 124 valence electrons. The molecule has 1 aromatic heterocycles. The van der Waals surface area contributed by atoms with E-state index in [1.54, 1.807) is 30.7 Å². The lowest BCUT2D eigenvalue weighted by Gasteiger charge is -2.03. The van der Waals surface area contributed by atoms with Crippen molar-refractivity contribution in [3.63, 3.8) is 0 Å². The van der Waals surface area contributed by atoms with Gasteiger partial charge in [0.25, 0.3) is 0 Å². The van der Waals surface area contributed by atoms with Gasteiger partial charge in [-0.15, -0.1) is 0 Å². The van der Waals surface area contributed by atoms with Crippen LogP contribution in [-0.2, 0) is 11.3 Å². The summed E-state index contributed by atoms with van der Waals surface area (Å²) in [4.78, 5) is 20.4. The number of hydrogen-bond acceptors (Lipinski definition) is 4. The van der Waals surface area contributed by atoms with Crippen molar-refractivity contribution < 1.29 is 9.63 Å². The molecule has 0 unspecified atom stereocenters. The Morgan fingerprint density at radius 2 is 1.64 bits per heavy atom. The summed E-state index contributed by atoms with van der Waals surface area (Å²) in [5.74, 6) is 0. The van der Waals surface area contributed by atoms with E-state index in [0.29, 0.717) is 12.1 Å². The smallest absolute Gasteiger partial charge is 0.298 e. The number of benzene rings is 2. The van der Waals surface area contributed by atoms with Gasteiger partial charge in [0.05, 0.1) is 0 Å². The van der Waals surface area contributed by atoms with Crippen molar-refractivity contribution in [2.75, 3.05) is 5.32 Å². The Labute approximate surface area is 146 Å². The van der Waals surface area contributed by atoms with Crippen molar-refractivity contribution in [2.24, 2.45) is 5.16 Å². The van der Waals surface area contributed by atoms with E-state index in [2.05, 4.69) is 15.5 Å². The predicted molar refractivity (Wildman–Crippen MR) is 98.4 cm³/mol. The van der Waals surface area contributed by atoms with Crippen molar-refractivity contribution >= 4 is 18.0 Å². The molecule has 1 amide bonds. The van der Waals surface area contributed by atoms with Crippen LogP contribution in [0.5, 0.6) is 0 Å². The molecule has 0 radical (unpaired) electrons. The maximum atomic E-state index is 11.6. The van der Waals surface area contributed by atoms with Gasteiger partial charge >= 0.3 is 6.09 Å². The van der Waals surface area contributed by atoms with E-state index in [1.165, 1.54) is 0 Å². The number of aromatic nitrogens is 1. The van der Waals surface area contributed by atoms with E-state index in [0.717, 1.165) is 16.7 Å². The third kappa shape index (κ3) is 5.00. The molecule has 0 bridgehead atoms. The number of anilines is 1. The number of nitrogens with one attached hydrogen (secondary N) is 1. The second-order valence-corrected chi connectivity index (χ2v) is 5.29. The molecule has 1 heterocycles. The third-order valence-corrected chi connectivity index (χ3v) is 3.52. The van der Waals surface area contributed by atoms with E-state index in [9.17, 15) is 4.79 Å². The minimum absolute atomic E-state index is 0.579. The molecular weight excluding hydrogens is 314 g/mol. The summed E-state index contributed by atoms with van der Waals surface area (Å²) in [6.07, 6.45) is 5.07. The van der Waals surface area contributed by atoms with Crippen molar-refractivity contribution in [2.45, 2.75) is 6.42 Å². The molecular formula is C20H17N3O2. The van der Waals surface area contributed by atoms with Crippen LogP contribution in [0.4, 0.5) is 10.5 Å². The first-order chi connectivity index (χ1) is 12.3. The standard InChI is InChI=1S/C20H17N3O2/c24-20(23-19-4-2-1-3-5-19)25-22-15-10-16-6-8-17(9-7-16)18-11-13-21-14-12-18/h1-9,11-15H,10H2,(H,23,24). The number of pyridine rings is 1. The Morgan fingerprint density at radius 1 is 0.960 bits per heavy atom. The highest BCUT2D eigenvalue weighted by Gasteiger charge is 2.01. The van der Waals surface area contributed by atoms with E-state index < -0.39 is 6.09 Å². The first kappa shape index (κ1) is 16.4. The molecule has 25 heavy (non-hydrogen) atoms. The molecule has 0 saturated carbocycles. The Bertz CT molecular complexity index is 832. The number of hydrogen-bond donors (Lipinski definition) is 1. The fourth-order valence-corrected chi connectivity index (χ4v) is 2.27. The average Bonchev–Trinajstić information content (AvgIpc) is 2.67. The molecule has 3 rings (SSSR count). The first-order valence-electron chi connectivity index (χ1n) is 7.85. The molecule has 1 N–H and O–H groups in total. The Morgan fingerprint density at radius 3 is 2.36 bits per heavy atom. The van der Waals surface area contributed by atoms with Crippen LogP contribution in [0.25, 0.3) is 11.1 Å². The Hall–Kier alpha value is -3.47. The van der Waals surface area contributed by atoms with Crippen LogP contribution in [0.2, 0.25) is 0 Å². The molecule has 0 saturated heterocycles. The number of rotatable bonds is 5. The molecule has 5 nitrogen and oxygen atoms in total. The maximum Gasteiger partial charge on any atom is 0.437 e. The van der Waals surface area contributed by atoms with Gasteiger partial charge in [0.2, 0.25) is 0 Å². The third-order valence-electron chi connectivity index (χ3n) is 3.52. The van der Waals surface area contributed by atoms with Gasteiger partial charge in [0.1, 0.15) is 0 Å². The zero-order valence-electron chi connectivity index (χ0n) is 13.5. The van der Waals surface area contributed by atoms with E-state index >= 15 is 0 Å². The Kier molecular flexibility index (Phi) is 5.51. The second kappa shape index (κ2) is 8.40. The summed E-state index contributed by atoms with van der Waals surface area (Å²) in [5, 5.41) is 6.28. The number of oxime groups is 1. The van der Waals surface area contributed by atoms with E-state index in [4.69, 9.17) is 4.84 Å². The van der Waals surface area contributed by atoms with Gasteiger partial charge in [-0.05, 0) is 41.0 Å². The molecule has 0 aliphatic carbocycles. The zero-order valence-corrected chi connectivity index (χ0v) is 13.5. The summed E-state index contributed by atoms with van der Waals surface area (Å²) in [6, 6.07) is 21.1. The fraction of sp³-hybridized carbons (Fsp3) is 0.0500. The molecule has 0 aliphatic heterocycles. The van der Waals surface area contributed by atoms with Gasteiger partial charge in [-0.25, -0.2) is 4.79 Å². The van der Waals surface area contributed by atoms with Crippen molar-refractivity contribution in [1.82, 2.24) is 4.98 Å². The first-order valence-corrected chi connectivity index (χ1v) is 7.85. The average molecular weight is 331 g/mol. The predicted octanol–water partition coefficient (Wildman–Crippen LogP) is 4.53. The minimum atomic E-state index is -0.615.